The lowest BCUT2D eigenvalue weighted by Gasteiger charge is -2.37. The van der Waals surface area contributed by atoms with Crippen LogP contribution in [0.25, 0.3) is 0 Å². The molecule has 0 unspecified atom stereocenters. The van der Waals surface area contributed by atoms with E-state index in [2.05, 4.69) is 20.4 Å². The molecule has 1 fully saturated rings. The van der Waals surface area contributed by atoms with Crippen LogP contribution < -0.4 is 10.6 Å². The summed E-state index contributed by atoms with van der Waals surface area (Å²) < 4.78 is 0. The Morgan fingerprint density at radius 2 is 1.57 bits per heavy atom. The Morgan fingerprint density at radius 3 is 2.20 bits per heavy atom. The number of hydrogen-bond acceptors (Lipinski definition) is 4. The lowest BCUT2D eigenvalue weighted by atomic mass is 10.1. The highest BCUT2D eigenvalue weighted by Crippen LogP contribution is 2.13. The molecule has 0 aromatic heterocycles. The van der Waals surface area contributed by atoms with Gasteiger partial charge in [0, 0.05) is 31.9 Å². The number of amides is 2. The number of carbonyl (C=O) groups is 2. The molecule has 0 radical (unpaired) electrons. The number of piperazine rings is 1. The molecular formula is C24H32N4O2. The first kappa shape index (κ1) is 22.0. The van der Waals surface area contributed by atoms with Crippen LogP contribution in [-0.4, -0.2) is 60.4 Å². The normalized spacial score (nSPS) is 17.2. The molecule has 1 heterocycles. The first-order valence-electron chi connectivity index (χ1n) is 10.6. The summed E-state index contributed by atoms with van der Waals surface area (Å²) in [6.07, 6.45) is 0. The van der Waals surface area contributed by atoms with Crippen LogP contribution in [0.15, 0.2) is 54.6 Å². The van der Waals surface area contributed by atoms with E-state index in [-0.39, 0.29) is 23.9 Å². The first-order valence-corrected chi connectivity index (χ1v) is 10.6. The summed E-state index contributed by atoms with van der Waals surface area (Å²) >= 11 is 0. The lowest BCUT2D eigenvalue weighted by molar-refractivity contribution is -0.127. The number of hydrogen-bond donors (Lipinski definition) is 2. The minimum absolute atomic E-state index is 0.00483. The first-order chi connectivity index (χ1) is 14.4. The van der Waals surface area contributed by atoms with Gasteiger partial charge in [0.15, 0.2) is 0 Å². The predicted molar refractivity (Wildman–Crippen MR) is 120 cm³/mol. The van der Waals surface area contributed by atoms with Gasteiger partial charge in [-0.15, -0.1) is 0 Å². The van der Waals surface area contributed by atoms with Crippen LogP contribution in [0.2, 0.25) is 0 Å². The van der Waals surface area contributed by atoms with E-state index in [0.29, 0.717) is 6.54 Å². The molecule has 160 valence electrons. The molecular weight excluding hydrogens is 376 g/mol. The SMILES string of the molecule is Cc1ccc(NC(=O)CN2CCN([C@@H](C)C(=O)N[C@H](C)c3ccccc3)CC2)cc1. The molecule has 0 saturated carbocycles. The van der Waals surface area contributed by atoms with Crippen molar-refractivity contribution in [3.05, 3.63) is 65.7 Å². The molecule has 1 aliphatic heterocycles. The second-order valence-electron chi connectivity index (χ2n) is 8.04. The molecule has 2 amide bonds. The second kappa shape index (κ2) is 10.4. The summed E-state index contributed by atoms with van der Waals surface area (Å²) in [6, 6.07) is 17.6. The molecule has 1 saturated heterocycles. The number of nitrogens with zero attached hydrogens (tertiary/aromatic N) is 2. The zero-order valence-electron chi connectivity index (χ0n) is 18.1. The van der Waals surface area contributed by atoms with Gasteiger partial charge < -0.3 is 10.6 Å². The Bertz CT molecular complexity index is 830. The van der Waals surface area contributed by atoms with Crippen LogP contribution in [0.3, 0.4) is 0 Å². The van der Waals surface area contributed by atoms with Gasteiger partial charge in [-0.2, -0.15) is 0 Å². The van der Waals surface area contributed by atoms with Crippen LogP contribution in [0.5, 0.6) is 0 Å². The summed E-state index contributed by atoms with van der Waals surface area (Å²) in [5, 5.41) is 6.06. The van der Waals surface area contributed by atoms with Crippen LogP contribution in [0, 0.1) is 6.92 Å². The number of benzene rings is 2. The fourth-order valence-electron chi connectivity index (χ4n) is 3.67. The van der Waals surface area contributed by atoms with Crippen LogP contribution in [-0.2, 0) is 9.59 Å². The van der Waals surface area contributed by atoms with Crippen molar-refractivity contribution in [2.24, 2.45) is 0 Å². The third kappa shape index (κ3) is 6.15. The van der Waals surface area contributed by atoms with E-state index in [1.165, 1.54) is 5.56 Å². The van der Waals surface area contributed by atoms with Crippen molar-refractivity contribution in [1.82, 2.24) is 15.1 Å². The van der Waals surface area contributed by atoms with Gasteiger partial charge in [0.2, 0.25) is 11.8 Å². The Kier molecular flexibility index (Phi) is 7.60. The molecule has 2 N–H and O–H groups in total. The van der Waals surface area contributed by atoms with E-state index in [9.17, 15) is 9.59 Å². The van der Waals surface area contributed by atoms with Crippen LogP contribution >= 0.6 is 0 Å². The highest BCUT2D eigenvalue weighted by Gasteiger charge is 2.27. The summed E-state index contributed by atoms with van der Waals surface area (Å²) in [7, 11) is 0. The Morgan fingerprint density at radius 1 is 0.933 bits per heavy atom. The summed E-state index contributed by atoms with van der Waals surface area (Å²) in [5.41, 5.74) is 3.09. The Balaban J connectivity index is 1.42. The molecule has 0 spiro atoms. The van der Waals surface area contributed by atoms with Gasteiger partial charge in [-0.3, -0.25) is 19.4 Å². The number of anilines is 1. The molecule has 2 atom stereocenters. The number of carbonyl (C=O) groups excluding carboxylic acids is 2. The fraction of sp³-hybridized carbons (Fsp3) is 0.417. The van der Waals surface area contributed by atoms with Crippen molar-refractivity contribution in [3.63, 3.8) is 0 Å². The third-order valence-corrected chi connectivity index (χ3v) is 5.69. The largest absolute Gasteiger partial charge is 0.348 e. The minimum atomic E-state index is -0.195. The maximum Gasteiger partial charge on any atom is 0.238 e. The molecule has 6 heteroatoms. The zero-order valence-corrected chi connectivity index (χ0v) is 18.1. The number of aryl methyl sites for hydroxylation is 1. The van der Waals surface area contributed by atoms with Crippen molar-refractivity contribution in [2.75, 3.05) is 38.0 Å². The Labute approximate surface area is 179 Å². The average molecular weight is 409 g/mol. The van der Waals surface area contributed by atoms with Gasteiger partial charge in [-0.25, -0.2) is 0 Å². The number of rotatable bonds is 7. The summed E-state index contributed by atoms with van der Waals surface area (Å²) in [5.74, 6) is 0.0340. The van der Waals surface area contributed by atoms with Gasteiger partial charge in [0.1, 0.15) is 0 Å². The van der Waals surface area contributed by atoms with E-state index < -0.39 is 0 Å². The molecule has 2 aromatic rings. The van der Waals surface area contributed by atoms with Crippen LogP contribution in [0.1, 0.15) is 31.0 Å². The van der Waals surface area contributed by atoms with E-state index >= 15 is 0 Å². The molecule has 30 heavy (non-hydrogen) atoms. The Hall–Kier alpha value is -2.70. The van der Waals surface area contributed by atoms with Crippen molar-refractivity contribution in [2.45, 2.75) is 32.9 Å². The summed E-state index contributed by atoms with van der Waals surface area (Å²) in [4.78, 5) is 29.3. The molecule has 3 rings (SSSR count). The molecule has 6 nitrogen and oxygen atoms in total. The van der Waals surface area contributed by atoms with E-state index in [1.807, 2.05) is 75.4 Å². The third-order valence-electron chi connectivity index (χ3n) is 5.69. The van der Waals surface area contributed by atoms with E-state index in [1.54, 1.807) is 0 Å². The lowest BCUT2D eigenvalue weighted by Crippen LogP contribution is -2.55. The molecule has 2 aromatic carbocycles. The van der Waals surface area contributed by atoms with Crippen molar-refractivity contribution in [3.8, 4) is 0 Å². The molecule has 0 bridgehead atoms. The van der Waals surface area contributed by atoms with E-state index in [4.69, 9.17) is 0 Å². The maximum absolute atomic E-state index is 12.7. The quantitative estimate of drug-likeness (QED) is 0.740. The molecule has 0 aliphatic carbocycles. The van der Waals surface area contributed by atoms with Gasteiger partial charge in [0.05, 0.1) is 18.6 Å². The monoisotopic (exact) mass is 408 g/mol. The predicted octanol–water partition coefficient (Wildman–Crippen LogP) is 2.82. The standard InChI is InChI=1S/C24H32N4O2/c1-18-9-11-22(12-10-18)26-23(29)17-27-13-15-28(16-14-27)20(3)24(30)25-19(2)21-7-5-4-6-8-21/h4-12,19-20H,13-17H2,1-3H3,(H,25,30)(H,26,29)/t19-,20+/m1/s1. The highest BCUT2D eigenvalue weighted by molar-refractivity contribution is 5.92. The topological polar surface area (TPSA) is 64.7 Å². The van der Waals surface area contributed by atoms with Gasteiger partial charge >= 0.3 is 0 Å². The van der Waals surface area contributed by atoms with Crippen molar-refractivity contribution >= 4 is 17.5 Å². The van der Waals surface area contributed by atoms with Gasteiger partial charge in [-0.05, 0) is 38.5 Å². The zero-order chi connectivity index (χ0) is 21.5. The highest BCUT2D eigenvalue weighted by atomic mass is 16.2. The van der Waals surface area contributed by atoms with Crippen molar-refractivity contribution < 1.29 is 9.59 Å². The average Bonchev–Trinajstić information content (AvgIpc) is 2.76. The smallest absolute Gasteiger partial charge is 0.238 e. The van der Waals surface area contributed by atoms with Gasteiger partial charge in [-0.1, -0.05) is 48.0 Å². The van der Waals surface area contributed by atoms with Crippen molar-refractivity contribution in [1.29, 1.82) is 0 Å². The fourth-order valence-corrected chi connectivity index (χ4v) is 3.67. The van der Waals surface area contributed by atoms with E-state index in [0.717, 1.165) is 37.4 Å². The maximum atomic E-state index is 12.7. The van der Waals surface area contributed by atoms with Crippen LogP contribution in [0.4, 0.5) is 5.69 Å². The second-order valence-corrected chi connectivity index (χ2v) is 8.04. The van der Waals surface area contributed by atoms with Gasteiger partial charge in [0.25, 0.3) is 0 Å². The molecule has 1 aliphatic rings. The minimum Gasteiger partial charge on any atom is -0.348 e. The summed E-state index contributed by atoms with van der Waals surface area (Å²) in [6.45, 7) is 9.43. The number of nitrogens with one attached hydrogen (secondary N) is 2.